The van der Waals surface area contributed by atoms with Gasteiger partial charge in [-0.05, 0) is 7.05 Å². The smallest absolute Gasteiger partial charge is 0.212 e. The highest BCUT2D eigenvalue weighted by Gasteiger charge is 2.26. The summed E-state index contributed by atoms with van der Waals surface area (Å²) in [7, 11) is 3.83. The molecule has 0 spiro atoms. The average molecular weight is 209 g/mol. The van der Waals surface area contributed by atoms with Crippen molar-refractivity contribution in [3.63, 3.8) is 0 Å². The van der Waals surface area contributed by atoms with Gasteiger partial charge in [0.25, 0.3) is 0 Å². The summed E-state index contributed by atoms with van der Waals surface area (Å²) in [5, 5.41) is 0. The normalized spacial score (nSPS) is 22.9. The fourth-order valence-corrected chi connectivity index (χ4v) is 1.64. The van der Waals surface area contributed by atoms with Crippen molar-refractivity contribution in [2.75, 3.05) is 26.7 Å². The number of ketones is 1. The molecule has 1 fully saturated rings. The van der Waals surface area contributed by atoms with Crippen LogP contribution in [0.15, 0.2) is 12.5 Å². The van der Waals surface area contributed by atoms with E-state index in [2.05, 4.69) is 9.88 Å². The van der Waals surface area contributed by atoms with Crippen LogP contribution in [0, 0.1) is 0 Å². The summed E-state index contributed by atoms with van der Waals surface area (Å²) in [6.45, 7) is 2.14. The molecule has 2 heterocycles. The zero-order valence-corrected chi connectivity index (χ0v) is 9.01. The Morgan fingerprint density at radius 3 is 3.00 bits per heavy atom. The number of aromatic nitrogens is 2. The number of ether oxygens (including phenoxy) is 1. The van der Waals surface area contributed by atoms with Crippen molar-refractivity contribution in [2.24, 2.45) is 7.05 Å². The van der Waals surface area contributed by atoms with Gasteiger partial charge in [-0.2, -0.15) is 0 Å². The van der Waals surface area contributed by atoms with Crippen molar-refractivity contribution in [3.8, 4) is 0 Å². The van der Waals surface area contributed by atoms with Crippen molar-refractivity contribution in [1.29, 1.82) is 0 Å². The van der Waals surface area contributed by atoms with Gasteiger partial charge < -0.3 is 14.2 Å². The molecule has 2 rings (SSSR count). The third kappa shape index (κ3) is 2.24. The van der Waals surface area contributed by atoms with E-state index in [1.54, 1.807) is 17.1 Å². The second kappa shape index (κ2) is 4.12. The lowest BCUT2D eigenvalue weighted by molar-refractivity contribution is -0.00887. The lowest BCUT2D eigenvalue weighted by Gasteiger charge is -2.28. The molecule has 1 aliphatic heterocycles. The van der Waals surface area contributed by atoms with Crippen LogP contribution in [0.4, 0.5) is 0 Å². The minimum Gasteiger partial charge on any atom is -0.367 e. The van der Waals surface area contributed by atoms with Crippen LogP contribution in [0.2, 0.25) is 0 Å². The minimum atomic E-state index is -0.362. The van der Waals surface area contributed by atoms with Gasteiger partial charge in [0.15, 0.2) is 0 Å². The molecule has 15 heavy (non-hydrogen) atoms. The van der Waals surface area contributed by atoms with E-state index in [4.69, 9.17) is 4.74 Å². The van der Waals surface area contributed by atoms with Crippen LogP contribution in [0.3, 0.4) is 0 Å². The minimum absolute atomic E-state index is 0.0258. The van der Waals surface area contributed by atoms with Gasteiger partial charge in [0, 0.05) is 26.3 Å². The van der Waals surface area contributed by atoms with E-state index in [-0.39, 0.29) is 11.9 Å². The molecule has 1 atom stereocenters. The summed E-state index contributed by atoms with van der Waals surface area (Å²) in [6, 6.07) is 0. The van der Waals surface area contributed by atoms with Crippen LogP contribution < -0.4 is 0 Å². The van der Waals surface area contributed by atoms with E-state index in [0.717, 1.165) is 6.54 Å². The summed E-state index contributed by atoms with van der Waals surface area (Å²) in [5.41, 5.74) is 0.484. The zero-order valence-electron chi connectivity index (χ0n) is 9.01. The summed E-state index contributed by atoms with van der Waals surface area (Å²) >= 11 is 0. The number of morpholine rings is 1. The van der Waals surface area contributed by atoms with Crippen molar-refractivity contribution in [3.05, 3.63) is 18.2 Å². The third-order valence-corrected chi connectivity index (χ3v) is 2.52. The van der Waals surface area contributed by atoms with E-state index in [9.17, 15) is 4.79 Å². The van der Waals surface area contributed by atoms with Crippen LogP contribution in [0.25, 0.3) is 0 Å². The first-order valence-electron chi connectivity index (χ1n) is 4.99. The molecule has 1 aromatic heterocycles. The Labute approximate surface area is 88.7 Å². The SMILES string of the molecule is CN1CCOC(C(=O)c2cn(C)cn2)C1. The number of hydrogen-bond donors (Lipinski definition) is 0. The lowest BCUT2D eigenvalue weighted by Crippen LogP contribution is -2.44. The Hall–Kier alpha value is -1.20. The highest BCUT2D eigenvalue weighted by molar-refractivity contribution is 5.97. The Kier molecular flexibility index (Phi) is 2.83. The first-order chi connectivity index (χ1) is 7.16. The van der Waals surface area contributed by atoms with Crippen LogP contribution in [0.1, 0.15) is 10.5 Å². The van der Waals surface area contributed by atoms with Crippen molar-refractivity contribution in [2.45, 2.75) is 6.10 Å². The summed E-state index contributed by atoms with van der Waals surface area (Å²) < 4.78 is 7.20. The van der Waals surface area contributed by atoms with Gasteiger partial charge in [-0.15, -0.1) is 0 Å². The fraction of sp³-hybridized carbons (Fsp3) is 0.600. The molecule has 0 aromatic carbocycles. The first kappa shape index (κ1) is 10.3. The highest BCUT2D eigenvalue weighted by Crippen LogP contribution is 2.09. The predicted molar refractivity (Wildman–Crippen MR) is 54.8 cm³/mol. The molecule has 5 nitrogen and oxygen atoms in total. The third-order valence-electron chi connectivity index (χ3n) is 2.52. The van der Waals surface area contributed by atoms with Gasteiger partial charge in [-0.25, -0.2) is 4.98 Å². The molecule has 0 N–H and O–H groups in total. The van der Waals surface area contributed by atoms with Crippen LogP contribution in [-0.2, 0) is 11.8 Å². The Morgan fingerprint density at radius 1 is 1.60 bits per heavy atom. The highest BCUT2D eigenvalue weighted by atomic mass is 16.5. The largest absolute Gasteiger partial charge is 0.367 e. The van der Waals surface area contributed by atoms with Crippen molar-refractivity contribution < 1.29 is 9.53 Å². The number of imidazole rings is 1. The maximum absolute atomic E-state index is 11.9. The number of carbonyl (C=O) groups is 1. The average Bonchev–Trinajstić information content (AvgIpc) is 2.64. The number of hydrogen-bond acceptors (Lipinski definition) is 4. The molecular formula is C10H15N3O2. The number of likely N-dealkylation sites (N-methyl/N-ethyl adjacent to an activating group) is 1. The van der Waals surface area contributed by atoms with Gasteiger partial charge in [0.1, 0.15) is 11.8 Å². The molecule has 1 aromatic rings. The maximum atomic E-state index is 11.9. The molecule has 0 amide bonds. The molecule has 0 saturated carbocycles. The fourth-order valence-electron chi connectivity index (χ4n) is 1.64. The predicted octanol–water partition coefficient (Wildman–Crippen LogP) is -0.0666. The van der Waals surface area contributed by atoms with E-state index < -0.39 is 0 Å². The van der Waals surface area contributed by atoms with Gasteiger partial charge in [-0.1, -0.05) is 0 Å². The molecule has 1 aliphatic rings. The summed E-state index contributed by atoms with van der Waals surface area (Å²) in [5.74, 6) is -0.0258. The van der Waals surface area contributed by atoms with Gasteiger partial charge in [0.05, 0.1) is 12.9 Å². The molecular weight excluding hydrogens is 194 g/mol. The standard InChI is InChI=1S/C10H15N3O2/c1-12-3-4-15-9(6-12)10(14)8-5-13(2)7-11-8/h5,7,9H,3-4,6H2,1-2H3. The Morgan fingerprint density at radius 2 is 2.40 bits per heavy atom. The topological polar surface area (TPSA) is 47.4 Å². The second-order valence-corrected chi connectivity index (χ2v) is 3.91. The quantitative estimate of drug-likeness (QED) is 0.640. The molecule has 0 radical (unpaired) electrons. The summed E-state index contributed by atoms with van der Waals surface area (Å²) in [6.07, 6.45) is 2.98. The van der Waals surface area contributed by atoms with Gasteiger partial charge in [-0.3, -0.25) is 4.79 Å². The number of aryl methyl sites for hydroxylation is 1. The molecule has 1 saturated heterocycles. The number of Topliss-reactive ketones (excluding diaryl/α,β-unsaturated/α-hetero) is 1. The van der Waals surface area contributed by atoms with E-state index >= 15 is 0 Å². The maximum Gasteiger partial charge on any atom is 0.212 e. The zero-order chi connectivity index (χ0) is 10.8. The number of carbonyl (C=O) groups excluding carboxylic acids is 1. The first-order valence-corrected chi connectivity index (χ1v) is 4.99. The molecule has 0 aliphatic carbocycles. The van der Waals surface area contributed by atoms with E-state index in [1.807, 2.05) is 14.1 Å². The van der Waals surface area contributed by atoms with E-state index in [1.165, 1.54) is 0 Å². The lowest BCUT2D eigenvalue weighted by atomic mass is 10.1. The molecule has 1 unspecified atom stereocenters. The second-order valence-electron chi connectivity index (χ2n) is 3.91. The van der Waals surface area contributed by atoms with Crippen LogP contribution >= 0.6 is 0 Å². The van der Waals surface area contributed by atoms with Crippen LogP contribution in [-0.4, -0.2) is 53.1 Å². The molecule has 0 bridgehead atoms. The van der Waals surface area contributed by atoms with Crippen molar-refractivity contribution >= 4 is 5.78 Å². The number of nitrogens with zero attached hydrogens (tertiary/aromatic N) is 3. The molecule has 82 valence electrons. The van der Waals surface area contributed by atoms with Crippen molar-refractivity contribution in [1.82, 2.24) is 14.5 Å². The molecule has 5 heteroatoms. The van der Waals surface area contributed by atoms with Gasteiger partial charge >= 0.3 is 0 Å². The number of rotatable bonds is 2. The Balaban J connectivity index is 2.07. The monoisotopic (exact) mass is 209 g/mol. The Bertz CT molecular complexity index is 361. The van der Waals surface area contributed by atoms with E-state index in [0.29, 0.717) is 18.8 Å². The van der Waals surface area contributed by atoms with Gasteiger partial charge in [0.2, 0.25) is 5.78 Å². The summed E-state index contributed by atoms with van der Waals surface area (Å²) in [4.78, 5) is 18.1. The van der Waals surface area contributed by atoms with Crippen LogP contribution in [0.5, 0.6) is 0 Å².